The van der Waals surface area contributed by atoms with Gasteiger partial charge in [-0.15, -0.1) is 11.8 Å². The fourth-order valence-corrected chi connectivity index (χ4v) is 4.08. The lowest BCUT2D eigenvalue weighted by Crippen LogP contribution is -2.42. The molecule has 0 atom stereocenters. The molecule has 0 aliphatic carbocycles. The smallest absolute Gasteiger partial charge is 0.242 e. The molecule has 2 aliphatic rings. The first-order valence-corrected chi connectivity index (χ1v) is 9.80. The van der Waals surface area contributed by atoms with E-state index in [9.17, 15) is 9.59 Å². The largest absolute Gasteiger partial charge is 0.497 e. The Kier molecular flexibility index (Phi) is 6.20. The number of nitrogens with zero attached hydrogens (tertiary/aromatic N) is 3. The summed E-state index contributed by atoms with van der Waals surface area (Å²) in [7, 11) is 1.67. The van der Waals surface area contributed by atoms with Gasteiger partial charge in [-0.2, -0.15) is 0 Å². The lowest BCUT2D eigenvalue weighted by atomic mass is 10.2. The molecule has 25 heavy (non-hydrogen) atoms. The van der Waals surface area contributed by atoms with Crippen LogP contribution in [0.3, 0.4) is 0 Å². The lowest BCUT2D eigenvalue weighted by molar-refractivity contribution is -0.137. The molecule has 0 saturated carbocycles. The van der Waals surface area contributed by atoms with Gasteiger partial charge >= 0.3 is 0 Å². The monoisotopic (exact) mass is 363 g/mol. The summed E-state index contributed by atoms with van der Waals surface area (Å²) in [6.45, 7) is 4.45. The van der Waals surface area contributed by atoms with Gasteiger partial charge in [-0.3, -0.25) is 14.5 Å². The Bertz CT molecular complexity index is 608. The second kappa shape index (κ2) is 8.58. The normalized spacial score (nSPS) is 19.2. The van der Waals surface area contributed by atoms with E-state index < -0.39 is 0 Å². The quantitative estimate of drug-likeness (QED) is 0.788. The van der Waals surface area contributed by atoms with Crippen molar-refractivity contribution in [2.75, 3.05) is 51.5 Å². The summed E-state index contributed by atoms with van der Waals surface area (Å²) in [5.74, 6) is 2.16. The highest BCUT2D eigenvalue weighted by Gasteiger charge is 2.26. The third kappa shape index (κ3) is 4.89. The number of carbonyl (C=O) groups is 2. The number of hydrogen-bond donors (Lipinski definition) is 0. The number of carbonyl (C=O) groups excluding carboxylic acids is 2. The van der Waals surface area contributed by atoms with Crippen molar-refractivity contribution in [3.8, 4) is 5.75 Å². The van der Waals surface area contributed by atoms with Crippen LogP contribution < -0.4 is 4.74 Å². The molecule has 0 spiro atoms. The zero-order valence-corrected chi connectivity index (χ0v) is 15.5. The first kappa shape index (κ1) is 18.1. The number of benzene rings is 1. The average molecular weight is 363 g/mol. The van der Waals surface area contributed by atoms with Gasteiger partial charge in [-0.05, 0) is 24.1 Å². The van der Waals surface area contributed by atoms with E-state index >= 15 is 0 Å². The summed E-state index contributed by atoms with van der Waals surface area (Å²) < 4.78 is 5.19. The van der Waals surface area contributed by atoms with Gasteiger partial charge in [0.1, 0.15) is 12.3 Å². The minimum atomic E-state index is 0.0714. The molecule has 0 unspecified atom stereocenters. The van der Waals surface area contributed by atoms with Crippen molar-refractivity contribution < 1.29 is 14.3 Å². The zero-order valence-electron chi connectivity index (χ0n) is 14.6. The Morgan fingerprint density at radius 1 is 1.16 bits per heavy atom. The number of amides is 2. The van der Waals surface area contributed by atoms with Gasteiger partial charge in [0.2, 0.25) is 11.8 Å². The van der Waals surface area contributed by atoms with E-state index in [2.05, 4.69) is 17.0 Å². The molecule has 3 rings (SSSR count). The van der Waals surface area contributed by atoms with Crippen LogP contribution in [-0.4, -0.2) is 78.0 Å². The zero-order chi connectivity index (χ0) is 17.6. The second-order valence-corrected chi connectivity index (χ2v) is 7.38. The van der Waals surface area contributed by atoms with Crippen LogP contribution in [0.2, 0.25) is 0 Å². The van der Waals surface area contributed by atoms with E-state index in [1.165, 1.54) is 5.56 Å². The van der Waals surface area contributed by atoms with Crippen LogP contribution in [0.25, 0.3) is 0 Å². The molecule has 7 heteroatoms. The van der Waals surface area contributed by atoms with Crippen molar-refractivity contribution >= 4 is 23.6 Å². The minimum absolute atomic E-state index is 0.0714. The van der Waals surface area contributed by atoms with Crippen LogP contribution in [0.5, 0.6) is 5.75 Å². The van der Waals surface area contributed by atoms with E-state index in [1.54, 1.807) is 23.8 Å². The molecule has 2 amide bonds. The molecule has 2 fully saturated rings. The molecular weight excluding hydrogens is 338 g/mol. The molecule has 0 radical (unpaired) electrons. The first-order valence-electron chi connectivity index (χ1n) is 8.64. The van der Waals surface area contributed by atoms with Gasteiger partial charge < -0.3 is 14.5 Å². The minimum Gasteiger partial charge on any atom is -0.497 e. The summed E-state index contributed by atoms with van der Waals surface area (Å²) >= 11 is 1.58. The fourth-order valence-electron chi connectivity index (χ4n) is 3.17. The standard InChI is InChI=1S/C18H25N3O3S/c1-24-16-5-3-15(4-6-16)11-19-7-2-8-20(10-9-19)17(22)12-21-14-25-13-18(21)23/h3-6H,2,7-14H2,1H3. The predicted octanol–water partition coefficient (Wildman–Crippen LogP) is 1.26. The van der Waals surface area contributed by atoms with E-state index in [1.807, 2.05) is 17.0 Å². The van der Waals surface area contributed by atoms with Gasteiger partial charge in [-0.25, -0.2) is 0 Å². The maximum atomic E-state index is 12.5. The third-order valence-electron chi connectivity index (χ3n) is 4.66. The Morgan fingerprint density at radius 2 is 1.96 bits per heavy atom. The van der Waals surface area contributed by atoms with Crippen molar-refractivity contribution in [1.29, 1.82) is 0 Å². The maximum Gasteiger partial charge on any atom is 0.242 e. The summed E-state index contributed by atoms with van der Waals surface area (Å²) in [6.07, 6.45) is 0.963. The van der Waals surface area contributed by atoms with Gasteiger partial charge in [0, 0.05) is 32.7 Å². The molecule has 0 bridgehead atoms. The Labute approximate surface area is 153 Å². The third-order valence-corrected chi connectivity index (χ3v) is 5.60. The molecule has 0 aromatic heterocycles. The second-order valence-electron chi connectivity index (χ2n) is 6.43. The SMILES string of the molecule is COc1ccc(CN2CCCN(C(=O)CN3CSCC3=O)CC2)cc1. The van der Waals surface area contributed by atoms with Gasteiger partial charge in [-0.1, -0.05) is 12.1 Å². The molecule has 0 N–H and O–H groups in total. The summed E-state index contributed by atoms with van der Waals surface area (Å²) in [4.78, 5) is 30.1. The van der Waals surface area contributed by atoms with Crippen LogP contribution in [0.4, 0.5) is 0 Å². The van der Waals surface area contributed by atoms with Crippen molar-refractivity contribution in [3.05, 3.63) is 29.8 Å². The number of methoxy groups -OCH3 is 1. The van der Waals surface area contributed by atoms with Crippen LogP contribution in [0.15, 0.2) is 24.3 Å². The number of hydrogen-bond acceptors (Lipinski definition) is 5. The maximum absolute atomic E-state index is 12.5. The van der Waals surface area contributed by atoms with E-state index in [0.29, 0.717) is 11.6 Å². The molecular formula is C18H25N3O3S. The topological polar surface area (TPSA) is 53.1 Å². The van der Waals surface area contributed by atoms with E-state index in [4.69, 9.17) is 4.74 Å². The number of thioether (sulfide) groups is 1. The summed E-state index contributed by atoms with van der Waals surface area (Å²) in [5.41, 5.74) is 1.25. The Hall–Kier alpha value is -1.73. The summed E-state index contributed by atoms with van der Waals surface area (Å²) in [6, 6.07) is 8.13. The molecule has 2 aliphatic heterocycles. The molecule has 6 nitrogen and oxygen atoms in total. The van der Waals surface area contributed by atoms with Crippen molar-refractivity contribution in [2.24, 2.45) is 0 Å². The van der Waals surface area contributed by atoms with E-state index in [-0.39, 0.29) is 18.4 Å². The van der Waals surface area contributed by atoms with Crippen LogP contribution in [-0.2, 0) is 16.1 Å². The Balaban J connectivity index is 1.49. The van der Waals surface area contributed by atoms with Crippen LogP contribution in [0.1, 0.15) is 12.0 Å². The van der Waals surface area contributed by atoms with Crippen molar-refractivity contribution in [1.82, 2.24) is 14.7 Å². The molecule has 2 saturated heterocycles. The van der Waals surface area contributed by atoms with Gasteiger partial charge in [0.05, 0.1) is 18.7 Å². The van der Waals surface area contributed by atoms with Gasteiger partial charge in [0.25, 0.3) is 0 Å². The first-order chi connectivity index (χ1) is 12.2. The molecule has 2 heterocycles. The van der Waals surface area contributed by atoms with Gasteiger partial charge in [0.15, 0.2) is 0 Å². The highest BCUT2D eigenvalue weighted by Crippen LogP contribution is 2.16. The molecule has 1 aromatic rings. The fraction of sp³-hybridized carbons (Fsp3) is 0.556. The highest BCUT2D eigenvalue weighted by molar-refractivity contribution is 8.00. The predicted molar refractivity (Wildman–Crippen MR) is 98.5 cm³/mol. The van der Waals surface area contributed by atoms with E-state index in [0.717, 1.165) is 44.9 Å². The number of ether oxygens (including phenoxy) is 1. The van der Waals surface area contributed by atoms with Crippen molar-refractivity contribution in [2.45, 2.75) is 13.0 Å². The van der Waals surface area contributed by atoms with Crippen molar-refractivity contribution in [3.63, 3.8) is 0 Å². The number of rotatable bonds is 5. The summed E-state index contributed by atoms with van der Waals surface area (Å²) in [5, 5.41) is 0. The van der Waals surface area contributed by atoms with Crippen LogP contribution in [0, 0.1) is 0 Å². The Morgan fingerprint density at radius 3 is 2.64 bits per heavy atom. The average Bonchev–Trinajstić information content (AvgIpc) is 2.88. The molecule has 136 valence electrons. The highest BCUT2D eigenvalue weighted by atomic mass is 32.2. The molecule has 1 aromatic carbocycles. The van der Waals surface area contributed by atoms with Crippen LogP contribution >= 0.6 is 11.8 Å². The lowest BCUT2D eigenvalue weighted by Gasteiger charge is -2.24.